The molecule has 0 aromatic heterocycles. The van der Waals surface area contributed by atoms with E-state index in [9.17, 15) is 4.79 Å². The second kappa shape index (κ2) is 8.04. The van der Waals surface area contributed by atoms with Gasteiger partial charge in [0.05, 0.1) is 5.75 Å². The minimum atomic E-state index is 0.0398. The molecule has 0 bridgehead atoms. The molecule has 1 fully saturated rings. The van der Waals surface area contributed by atoms with Crippen molar-refractivity contribution in [3.05, 3.63) is 54.1 Å². The molecule has 4 nitrogen and oxygen atoms in total. The zero-order valence-electron chi connectivity index (χ0n) is 16.0. The molecule has 0 radical (unpaired) electrons. The first kappa shape index (κ1) is 18.6. The standard InChI is InChI=1S/C21H27N3OS/c1-5-23(6-2)18-11-13-19(14-12-18)24-20(25)15-26-21(24)16-7-9-17(10-8-16)22(3)4/h7-14,21H,5-6,15H2,1-4H3. The number of amides is 1. The van der Waals surface area contributed by atoms with Gasteiger partial charge in [-0.2, -0.15) is 0 Å². The van der Waals surface area contributed by atoms with E-state index in [0.29, 0.717) is 5.75 Å². The molecule has 138 valence electrons. The maximum atomic E-state index is 12.6. The molecule has 1 amide bonds. The van der Waals surface area contributed by atoms with Crippen molar-refractivity contribution in [1.82, 2.24) is 0 Å². The van der Waals surface area contributed by atoms with Crippen LogP contribution in [-0.4, -0.2) is 38.8 Å². The Balaban J connectivity index is 1.86. The quantitative estimate of drug-likeness (QED) is 0.755. The van der Waals surface area contributed by atoms with E-state index in [2.05, 4.69) is 72.2 Å². The normalized spacial score (nSPS) is 16.8. The predicted octanol–water partition coefficient (Wildman–Crippen LogP) is 4.38. The molecule has 1 aliphatic heterocycles. The fourth-order valence-corrected chi connectivity index (χ4v) is 4.48. The summed E-state index contributed by atoms with van der Waals surface area (Å²) in [4.78, 5) is 18.9. The summed E-state index contributed by atoms with van der Waals surface area (Å²) in [5.41, 5.74) is 4.50. The van der Waals surface area contributed by atoms with Crippen molar-refractivity contribution in [3.63, 3.8) is 0 Å². The molecule has 26 heavy (non-hydrogen) atoms. The number of nitrogens with zero attached hydrogens (tertiary/aromatic N) is 3. The van der Waals surface area contributed by atoms with Gasteiger partial charge in [-0.25, -0.2) is 0 Å². The summed E-state index contributed by atoms with van der Waals surface area (Å²) >= 11 is 1.69. The average Bonchev–Trinajstić information content (AvgIpc) is 3.05. The monoisotopic (exact) mass is 369 g/mol. The SMILES string of the molecule is CCN(CC)c1ccc(N2C(=O)CSC2c2ccc(N(C)C)cc2)cc1. The Morgan fingerprint density at radius 1 is 0.962 bits per heavy atom. The Bertz CT molecular complexity index is 739. The number of thioether (sulfide) groups is 1. The number of hydrogen-bond acceptors (Lipinski definition) is 4. The number of anilines is 3. The van der Waals surface area contributed by atoms with E-state index in [1.54, 1.807) is 11.8 Å². The molecule has 0 N–H and O–H groups in total. The van der Waals surface area contributed by atoms with Crippen LogP contribution in [0.1, 0.15) is 24.8 Å². The van der Waals surface area contributed by atoms with E-state index >= 15 is 0 Å². The molecule has 2 aromatic carbocycles. The lowest BCUT2D eigenvalue weighted by atomic mass is 10.1. The van der Waals surface area contributed by atoms with Crippen LogP contribution in [0.3, 0.4) is 0 Å². The van der Waals surface area contributed by atoms with Gasteiger partial charge in [0.2, 0.25) is 5.91 Å². The third-order valence-corrected chi connectivity index (χ3v) is 6.03. The molecular weight excluding hydrogens is 342 g/mol. The summed E-state index contributed by atoms with van der Waals surface area (Å²) in [7, 11) is 4.07. The molecule has 1 heterocycles. The number of carbonyl (C=O) groups is 1. The van der Waals surface area contributed by atoms with Gasteiger partial charge in [0.15, 0.2) is 0 Å². The summed E-state index contributed by atoms with van der Waals surface area (Å²) in [5, 5.41) is 0.0398. The molecule has 1 aliphatic rings. The summed E-state index contributed by atoms with van der Waals surface area (Å²) in [6, 6.07) is 16.8. The van der Waals surface area contributed by atoms with Crippen LogP contribution in [0, 0.1) is 0 Å². The molecule has 1 atom stereocenters. The second-order valence-corrected chi connectivity index (χ2v) is 7.67. The van der Waals surface area contributed by atoms with Crippen LogP contribution in [-0.2, 0) is 4.79 Å². The van der Waals surface area contributed by atoms with Gasteiger partial charge >= 0.3 is 0 Å². The molecule has 3 rings (SSSR count). The number of benzene rings is 2. The molecule has 1 unspecified atom stereocenters. The van der Waals surface area contributed by atoms with Gasteiger partial charge in [0.25, 0.3) is 0 Å². The van der Waals surface area contributed by atoms with Crippen molar-refractivity contribution < 1.29 is 4.79 Å². The largest absolute Gasteiger partial charge is 0.378 e. The maximum Gasteiger partial charge on any atom is 0.238 e. The molecule has 5 heteroatoms. The minimum Gasteiger partial charge on any atom is -0.378 e. The van der Waals surface area contributed by atoms with Crippen molar-refractivity contribution in [2.24, 2.45) is 0 Å². The van der Waals surface area contributed by atoms with Crippen LogP contribution < -0.4 is 14.7 Å². The van der Waals surface area contributed by atoms with Crippen LogP contribution >= 0.6 is 11.8 Å². The first-order valence-corrected chi connectivity index (χ1v) is 10.2. The Kier molecular flexibility index (Phi) is 5.77. The van der Waals surface area contributed by atoms with E-state index in [1.807, 2.05) is 19.0 Å². The summed E-state index contributed by atoms with van der Waals surface area (Å²) < 4.78 is 0. The third-order valence-electron chi connectivity index (χ3n) is 4.82. The predicted molar refractivity (Wildman–Crippen MR) is 113 cm³/mol. The van der Waals surface area contributed by atoms with Crippen molar-refractivity contribution in [1.29, 1.82) is 0 Å². The van der Waals surface area contributed by atoms with Gasteiger partial charge in [-0.15, -0.1) is 11.8 Å². The highest BCUT2D eigenvalue weighted by Gasteiger charge is 2.34. The van der Waals surface area contributed by atoms with Gasteiger partial charge in [0, 0.05) is 44.2 Å². The zero-order chi connectivity index (χ0) is 18.7. The van der Waals surface area contributed by atoms with Crippen molar-refractivity contribution >= 4 is 34.7 Å². The smallest absolute Gasteiger partial charge is 0.238 e. The lowest BCUT2D eigenvalue weighted by molar-refractivity contribution is -0.115. The molecule has 0 saturated carbocycles. The number of carbonyl (C=O) groups excluding carboxylic acids is 1. The molecule has 0 aliphatic carbocycles. The summed E-state index contributed by atoms with van der Waals surface area (Å²) in [6.45, 7) is 6.28. The van der Waals surface area contributed by atoms with Crippen LogP contribution in [0.25, 0.3) is 0 Å². The third kappa shape index (κ3) is 3.68. The van der Waals surface area contributed by atoms with E-state index in [1.165, 1.54) is 11.3 Å². The van der Waals surface area contributed by atoms with Gasteiger partial charge < -0.3 is 9.80 Å². The van der Waals surface area contributed by atoms with E-state index in [0.717, 1.165) is 24.5 Å². The van der Waals surface area contributed by atoms with Gasteiger partial charge in [-0.05, 0) is 55.8 Å². The van der Waals surface area contributed by atoms with Crippen molar-refractivity contribution in [2.75, 3.05) is 47.6 Å². The van der Waals surface area contributed by atoms with Gasteiger partial charge in [-0.3, -0.25) is 9.69 Å². The topological polar surface area (TPSA) is 26.8 Å². The van der Waals surface area contributed by atoms with Crippen LogP contribution in [0.15, 0.2) is 48.5 Å². The Labute approximate surface area is 160 Å². The summed E-state index contributed by atoms with van der Waals surface area (Å²) in [5.74, 6) is 0.699. The Morgan fingerprint density at radius 3 is 2.08 bits per heavy atom. The van der Waals surface area contributed by atoms with E-state index in [-0.39, 0.29) is 11.3 Å². The molecule has 2 aromatic rings. The Hall–Kier alpha value is -2.14. The van der Waals surface area contributed by atoms with E-state index < -0.39 is 0 Å². The fraction of sp³-hybridized carbons (Fsp3) is 0.381. The number of hydrogen-bond donors (Lipinski definition) is 0. The van der Waals surface area contributed by atoms with E-state index in [4.69, 9.17) is 0 Å². The van der Waals surface area contributed by atoms with Crippen molar-refractivity contribution in [2.45, 2.75) is 19.2 Å². The highest BCUT2D eigenvalue weighted by Crippen LogP contribution is 2.42. The molecule has 0 spiro atoms. The van der Waals surface area contributed by atoms with Gasteiger partial charge in [0.1, 0.15) is 5.37 Å². The first-order chi connectivity index (χ1) is 12.5. The lowest BCUT2D eigenvalue weighted by Crippen LogP contribution is -2.28. The first-order valence-electron chi connectivity index (χ1n) is 9.11. The molecule has 1 saturated heterocycles. The highest BCUT2D eigenvalue weighted by molar-refractivity contribution is 8.00. The highest BCUT2D eigenvalue weighted by atomic mass is 32.2. The minimum absolute atomic E-state index is 0.0398. The Morgan fingerprint density at radius 2 is 1.54 bits per heavy atom. The zero-order valence-corrected chi connectivity index (χ0v) is 16.8. The average molecular weight is 370 g/mol. The van der Waals surface area contributed by atoms with Gasteiger partial charge in [-0.1, -0.05) is 12.1 Å². The molecular formula is C21H27N3OS. The fourth-order valence-electron chi connectivity index (χ4n) is 3.30. The summed E-state index contributed by atoms with van der Waals surface area (Å²) in [6.07, 6.45) is 0. The number of rotatable bonds is 6. The maximum absolute atomic E-state index is 12.6. The van der Waals surface area contributed by atoms with Crippen LogP contribution in [0.5, 0.6) is 0 Å². The van der Waals surface area contributed by atoms with Crippen molar-refractivity contribution in [3.8, 4) is 0 Å². The lowest BCUT2D eigenvalue weighted by Gasteiger charge is -2.26. The van der Waals surface area contributed by atoms with Crippen LogP contribution in [0.4, 0.5) is 17.1 Å². The van der Waals surface area contributed by atoms with Crippen LogP contribution in [0.2, 0.25) is 0 Å². The second-order valence-electron chi connectivity index (χ2n) is 6.60.